The molecule has 37 heavy (non-hydrogen) atoms. The van der Waals surface area contributed by atoms with Crippen LogP contribution in [0.25, 0.3) is 28.1 Å². The van der Waals surface area contributed by atoms with Crippen LogP contribution in [0.3, 0.4) is 0 Å². The highest BCUT2D eigenvalue weighted by Gasteiger charge is 2.18. The zero-order valence-electron chi connectivity index (χ0n) is 21.3. The van der Waals surface area contributed by atoms with Crippen LogP contribution in [0, 0.1) is 24.7 Å². The summed E-state index contributed by atoms with van der Waals surface area (Å²) in [6, 6.07) is 14.9. The van der Waals surface area contributed by atoms with Crippen LogP contribution in [0.2, 0.25) is 0 Å². The van der Waals surface area contributed by atoms with Crippen molar-refractivity contribution in [3.05, 3.63) is 77.0 Å². The molecule has 190 valence electrons. The Balaban J connectivity index is 1.34. The molecular formula is C28H33N9. The van der Waals surface area contributed by atoms with E-state index >= 15 is 0 Å². The molecule has 0 fully saturated rings. The van der Waals surface area contributed by atoms with Gasteiger partial charge in [-0.15, -0.1) is 5.10 Å². The molecule has 2 aliphatic heterocycles. The molecule has 9 nitrogen and oxygen atoms in total. The standard InChI is InChI=1S/C28H33N9/c1-18-17-24(7-8-25(18)22-11-15-36(16-12-22)28(31)32)37-19(2)26(33-34-37)23-5-3-20(4-6-23)21-9-13-35(14-10-21)27(29)30/h3-9,11,17H,10,12-16H2,1-2H3,(H3,29,30)(H3,31,32). The summed E-state index contributed by atoms with van der Waals surface area (Å²) < 4.78 is 1.90. The van der Waals surface area contributed by atoms with Gasteiger partial charge in [0.05, 0.1) is 11.4 Å². The molecule has 0 saturated heterocycles. The second-order valence-electron chi connectivity index (χ2n) is 9.63. The first-order chi connectivity index (χ1) is 17.8. The summed E-state index contributed by atoms with van der Waals surface area (Å²) in [5.74, 6) is 0.252. The lowest BCUT2D eigenvalue weighted by Gasteiger charge is -2.27. The second-order valence-corrected chi connectivity index (χ2v) is 9.63. The van der Waals surface area contributed by atoms with Gasteiger partial charge < -0.3 is 21.3 Å². The average molecular weight is 496 g/mol. The molecule has 0 bridgehead atoms. The molecule has 3 heterocycles. The second kappa shape index (κ2) is 9.93. The van der Waals surface area contributed by atoms with E-state index in [1.807, 2.05) is 21.4 Å². The largest absolute Gasteiger partial charge is 0.370 e. The van der Waals surface area contributed by atoms with E-state index < -0.39 is 0 Å². The highest BCUT2D eigenvalue weighted by atomic mass is 15.4. The number of nitrogens with one attached hydrogen (secondary N) is 2. The van der Waals surface area contributed by atoms with Crippen molar-refractivity contribution < 1.29 is 0 Å². The summed E-state index contributed by atoms with van der Waals surface area (Å²) in [7, 11) is 0. The number of hydrogen-bond donors (Lipinski definition) is 4. The molecule has 0 amide bonds. The highest BCUT2D eigenvalue weighted by Crippen LogP contribution is 2.30. The van der Waals surface area contributed by atoms with Gasteiger partial charge in [0.2, 0.25) is 0 Å². The number of aromatic nitrogens is 3. The van der Waals surface area contributed by atoms with Crippen molar-refractivity contribution in [2.75, 3.05) is 26.2 Å². The minimum Gasteiger partial charge on any atom is -0.370 e. The smallest absolute Gasteiger partial charge is 0.188 e. The summed E-state index contributed by atoms with van der Waals surface area (Å²) in [6.45, 7) is 7.05. The van der Waals surface area contributed by atoms with Crippen molar-refractivity contribution in [3.63, 3.8) is 0 Å². The Hall–Kier alpha value is -4.40. The zero-order valence-corrected chi connectivity index (χ0v) is 21.3. The summed E-state index contributed by atoms with van der Waals surface area (Å²) in [5, 5.41) is 24.2. The summed E-state index contributed by atoms with van der Waals surface area (Å²) in [5.41, 5.74) is 21.3. The number of aryl methyl sites for hydroxylation is 1. The van der Waals surface area contributed by atoms with Gasteiger partial charge in [0.25, 0.3) is 0 Å². The van der Waals surface area contributed by atoms with Crippen LogP contribution in [0.15, 0.2) is 54.6 Å². The number of rotatable bonds is 4. The van der Waals surface area contributed by atoms with Crippen LogP contribution in [-0.2, 0) is 0 Å². The number of guanidine groups is 2. The highest BCUT2D eigenvalue weighted by molar-refractivity contribution is 5.78. The van der Waals surface area contributed by atoms with Gasteiger partial charge in [-0.25, -0.2) is 4.68 Å². The Morgan fingerprint density at radius 1 is 0.811 bits per heavy atom. The first-order valence-electron chi connectivity index (χ1n) is 12.5. The van der Waals surface area contributed by atoms with Gasteiger partial charge in [-0.05, 0) is 66.7 Å². The Kier molecular flexibility index (Phi) is 6.52. The van der Waals surface area contributed by atoms with Gasteiger partial charge in [0.15, 0.2) is 11.9 Å². The van der Waals surface area contributed by atoms with E-state index in [-0.39, 0.29) is 11.9 Å². The predicted molar refractivity (Wildman–Crippen MR) is 148 cm³/mol. The normalized spacial score (nSPS) is 15.8. The summed E-state index contributed by atoms with van der Waals surface area (Å²) >= 11 is 0. The van der Waals surface area contributed by atoms with Gasteiger partial charge in [-0.2, -0.15) is 0 Å². The molecule has 9 heteroatoms. The maximum absolute atomic E-state index is 7.63. The fourth-order valence-electron chi connectivity index (χ4n) is 5.11. The van der Waals surface area contributed by atoms with Gasteiger partial charge in [-0.1, -0.05) is 47.7 Å². The fraction of sp³-hybridized carbons (Fsp3) is 0.286. The first-order valence-corrected chi connectivity index (χ1v) is 12.5. The molecule has 0 saturated carbocycles. The molecule has 0 aliphatic carbocycles. The average Bonchev–Trinajstić information content (AvgIpc) is 3.30. The molecule has 0 spiro atoms. The van der Waals surface area contributed by atoms with Gasteiger partial charge in [0, 0.05) is 31.7 Å². The zero-order chi connectivity index (χ0) is 26.1. The third-order valence-electron chi connectivity index (χ3n) is 7.32. The van der Waals surface area contributed by atoms with Crippen molar-refractivity contribution in [1.29, 1.82) is 10.8 Å². The molecular weight excluding hydrogens is 462 g/mol. The van der Waals surface area contributed by atoms with Crippen LogP contribution in [0.5, 0.6) is 0 Å². The third-order valence-corrected chi connectivity index (χ3v) is 7.32. The molecule has 2 aliphatic rings. The third kappa shape index (κ3) is 4.84. The molecule has 3 aromatic rings. The van der Waals surface area contributed by atoms with Crippen molar-refractivity contribution in [3.8, 4) is 16.9 Å². The van der Waals surface area contributed by atoms with Crippen LogP contribution < -0.4 is 11.5 Å². The van der Waals surface area contributed by atoms with Crippen LogP contribution in [0.1, 0.15) is 35.2 Å². The van der Waals surface area contributed by atoms with Crippen molar-refractivity contribution in [2.24, 2.45) is 11.5 Å². The Labute approximate surface area is 217 Å². The summed E-state index contributed by atoms with van der Waals surface area (Å²) in [4.78, 5) is 3.73. The molecule has 0 atom stereocenters. The van der Waals surface area contributed by atoms with E-state index in [2.05, 4.69) is 71.9 Å². The van der Waals surface area contributed by atoms with E-state index in [1.54, 1.807) is 0 Å². The van der Waals surface area contributed by atoms with E-state index in [9.17, 15) is 0 Å². The quantitative estimate of drug-likeness (QED) is 0.323. The minimum absolute atomic E-state index is 0.126. The van der Waals surface area contributed by atoms with E-state index in [0.29, 0.717) is 13.1 Å². The summed E-state index contributed by atoms with van der Waals surface area (Å²) in [6.07, 6.45) is 6.05. The monoisotopic (exact) mass is 495 g/mol. The molecule has 0 unspecified atom stereocenters. The lowest BCUT2D eigenvalue weighted by Crippen LogP contribution is -2.39. The Bertz CT molecular complexity index is 1410. The van der Waals surface area contributed by atoms with Crippen LogP contribution in [0.4, 0.5) is 0 Å². The first kappa shape index (κ1) is 24.3. The maximum atomic E-state index is 7.63. The van der Waals surface area contributed by atoms with Gasteiger partial charge >= 0.3 is 0 Å². The number of nitrogens with zero attached hydrogens (tertiary/aromatic N) is 5. The molecule has 5 rings (SSSR count). The van der Waals surface area contributed by atoms with Crippen molar-refractivity contribution in [2.45, 2.75) is 26.7 Å². The Morgan fingerprint density at radius 2 is 1.41 bits per heavy atom. The van der Waals surface area contributed by atoms with Crippen molar-refractivity contribution in [1.82, 2.24) is 24.8 Å². The van der Waals surface area contributed by atoms with Crippen LogP contribution in [-0.4, -0.2) is 62.9 Å². The predicted octanol–water partition coefficient (Wildman–Crippen LogP) is 3.52. The van der Waals surface area contributed by atoms with E-state index in [1.165, 1.54) is 27.8 Å². The lowest BCUT2D eigenvalue weighted by molar-refractivity contribution is 0.451. The number of benzene rings is 2. The molecule has 1 aromatic heterocycles. The number of hydrogen-bond acceptors (Lipinski definition) is 4. The Morgan fingerprint density at radius 3 is 1.95 bits per heavy atom. The number of nitrogens with two attached hydrogens (primary N) is 2. The van der Waals surface area contributed by atoms with E-state index in [4.69, 9.17) is 22.3 Å². The van der Waals surface area contributed by atoms with Gasteiger partial charge in [-0.3, -0.25) is 10.8 Å². The van der Waals surface area contributed by atoms with Crippen molar-refractivity contribution >= 4 is 23.1 Å². The SMILES string of the molecule is Cc1cc(-n2nnc(-c3ccc(C4=CCN(C(=N)N)CC4)cc3)c2C)ccc1C1=CCN(C(=N)N)CC1. The van der Waals surface area contributed by atoms with Crippen LogP contribution >= 0.6 is 0 Å². The van der Waals surface area contributed by atoms with E-state index in [0.717, 1.165) is 48.6 Å². The molecule has 6 N–H and O–H groups in total. The molecule has 0 radical (unpaired) electrons. The molecule has 2 aromatic carbocycles. The topological polar surface area (TPSA) is 137 Å². The lowest BCUT2D eigenvalue weighted by atomic mass is 9.95. The maximum Gasteiger partial charge on any atom is 0.188 e. The fourth-order valence-corrected chi connectivity index (χ4v) is 5.11. The van der Waals surface area contributed by atoms with Gasteiger partial charge in [0.1, 0.15) is 5.69 Å². The minimum atomic E-state index is 0.126.